The molecule has 0 atom stereocenters. The fourth-order valence-electron chi connectivity index (χ4n) is 2.93. The van der Waals surface area contributed by atoms with Crippen LogP contribution in [0.25, 0.3) is 5.69 Å². The topological polar surface area (TPSA) is 29.9 Å². The van der Waals surface area contributed by atoms with Crippen LogP contribution < -0.4 is 5.32 Å². The van der Waals surface area contributed by atoms with E-state index in [9.17, 15) is 0 Å². The Labute approximate surface area is 121 Å². The summed E-state index contributed by atoms with van der Waals surface area (Å²) in [5.74, 6) is 1.74. The number of imidazole rings is 1. The second kappa shape index (κ2) is 5.41. The number of aryl methyl sites for hydroxylation is 1. The Morgan fingerprint density at radius 3 is 2.95 bits per heavy atom. The van der Waals surface area contributed by atoms with Gasteiger partial charge in [0.15, 0.2) is 0 Å². The van der Waals surface area contributed by atoms with E-state index in [1.807, 2.05) is 0 Å². The Bertz CT molecular complexity index is 611. The van der Waals surface area contributed by atoms with Crippen LogP contribution in [0, 0.1) is 0 Å². The van der Waals surface area contributed by atoms with Gasteiger partial charge in [-0.15, -0.1) is 0 Å². The molecule has 1 aromatic heterocycles. The summed E-state index contributed by atoms with van der Waals surface area (Å²) in [4.78, 5) is 4.82. The van der Waals surface area contributed by atoms with E-state index >= 15 is 0 Å². The summed E-state index contributed by atoms with van der Waals surface area (Å²) in [5.41, 5.74) is 5.27. The maximum absolute atomic E-state index is 4.82. The molecule has 1 N–H and O–H groups in total. The predicted octanol–water partition coefficient (Wildman–Crippen LogP) is 3.20. The third-order valence-electron chi connectivity index (χ3n) is 4.07. The molecule has 0 spiro atoms. The van der Waals surface area contributed by atoms with E-state index in [1.165, 1.54) is 28.5 Å². The Hall–Kier alpha value is -1.61. The quantitative estimate of drug-likeness (QED) is 0.927. The SMILES string of the molecule is CCc1nc2c(n1-c1cccc(C(C)C)c1)CCNC2. The molecule has 0 radical (unpaired) electrons. The number of nitrogens with zero attached hydrogens (tertiary/aromatic N) is 2. The molecule has 20 heavy (non-hydrogen) atoms. The summed E-state index contributed by atoms with van der Waals surface area (Å²) < 4.78 is 2.38. The van der Waals surface area contributed by atoms with Gasteiger partial charge in [-0.05, 0) is 23.6 Å². The van der Waals surface area contributed by atoms with E-state index in [1.54, 1.807) is 0 Å². The number of rotatable bonds is 3. The summed E-state index contributed by atoms with van der Waals surface area (Å²) in [7, 11) is 0. The lowest BCUT2D eigenvalue weighted by molar-refractivity contribution is 0.619. The van der Waals surface area contributed by atoms with Gasteiger partial charge >= 0.3 is 0 Å². The zero-order valence-electron chi connectivity index (χ0n) is 12.6. The van der Waals surface area contributed by atoms with Crippen molar-refractivity contribution in [3.8, 4) is 5.69 Å². The minimum Gasteiger partial charge on any atom is -0.311 e. The van der Waals surface area contributed by atoms with Crippen molar-refractivity contribution in [2.75, 3.05) is 6.54 Å². The highest BCUT2D eigenvalue weighted by Crippen LogP contribution is 2.24. The van der Waals surface area contributed by atoms with Gasteiger partial charge < -0.3 is 9.88 Å². The van der Waals surface area contributed by atoms with E-state index < -0.39 is 0 Å². The van der Waals surface area contributed by atoms with Gasteiger partial charge in [-0.1, -0.05) is 32.9 Å². The lowest BCUT2D eigenvalue weighted by Gasteiger charge is -2.17. The van der Waals surface area contributed by atoms with Crippen molar-refractivity contribution in [3.05, 3.63) is 47.0 Å². The van der Waals surface area contributed by atoms with Crippen molar-refractivity contribution < 1.29 is 0 Å². The lowest BCUT2D eigenvalue weighted by Crippen LogP contribution is -2.24. The molecule has 2 heterocycles. The van der Waals surface area contributed by atoms with Crippen LogP contribution in [0.5, 0.6) is 0 Å². The van der Waals surface area contributed by atoms with Crippen LogP contribution in [-0.4, -0.2) is 16.1 Å². The molecule has 0 saturated carbocycles. The van der Waals surface area contributed by atoms with Crippen LogP contribution >= 0.6 is 0 Å². The molecule has 0 bridgehead atoms. The van der Waals surface area contributed by atoms with Crippen LogP contribution in [0.2, 0.25) is 0 Å². The molecular weight excluding hydrogens is 246 g/mol. The zero-order chi connectivity index (χ0) is 14.1. The highest BCUT2D eigenvalue weighted by Gasteiger charge is 2.20. The molecule has 3 nitrogen and oxygen atoms in total. The molecule has 3 rings (SSSR count). The van der Waals surface area contributed by atoms with Crippen molar-refractivity contribution in [1.82, 2.24) is 14.9 Å². The van der Waals surface area contributed by atoms with E-state index in [4.69, 9.17) is 4.98 Å². The summed E-state index contributed by atoms with van der Waals surface area (Å²) in [6, 6.07) is 8.89. The van der Waals surface area contributed by atoms with Gasteiger partial charge in [0.25, 0.3) is 0 Å². The van der Waals surface area contributed by atoms with Crippen molar-refractivity contribution in [1.29, 1.82) is 0 Å². The number of aromatic nitrogens is 2. The normalized spacial score (nSPS) is 14.6. The minimum atomic E-state index is 0.557. The third-order valence-corrected chi connectivity index (χ3v) is 4.07. The highest BCUT2D eigenvalue weighted by atomic mass is 15.1. The van der Waals surface area contributed by atoms with Gasteiger partial charge in [-0.2, -0.15) is 0 Å². The summed E-state index contributed by atoms with van der Waals surface area (Å²) >= 11 is 0. The summed E-state index contributed by atoms with van der Waals surface area (Å²) in [6.45, 7) is 8.62. The highest BCUT2D eigenvalue weighted by molar-refractivity contribution is 5.42. The number of nitrogens with one attached hydrogen (secondary N) is 1. The van der Waals surface area contributed by atoms with E-state index in [2.05, 4.69) is 54.9 Å². The first-order valence-corrected chi connectivity index (χ1v) is 7.61. The van der Waals surface area contributed by atoms with Gasteiger partial charge in [0.2, 0.25) is 0 Å². The summed E-state index contributed by atoms with van der Waals surface area (Å²) in [5, 5.41) is 3.41. The van der Waals surface area contributed by atoms with Crippen LogP contribution in [0.15, 0.2) is 24.3 Å². The Kier molecular flexibility index (Phi) is 3.62. The number of fused-ring (bicyclic) bond motifs is 1. The van der Waals surface area contributed by atoms with Gasteiger partial charge in [0.05, 0.1) is 5.69 Å². The maximum atomic E-state index is 4.82. The zero-order valence-corrected chi connectivity index (χ0v) is 12.6. The van der Waals surface area contributed by atoms with E-state index in [0.717, 1.165) is 25.9 Å². The Morgan fingerprint density at radius 1 is 1.35 bits per heavy atom. The Morgan fingerprint density at radius 2 is 2.20 bits per heavy atom. The van der Waals surface area contributed by atoms with Crippen LogP contribution in [-0.2, 0) is 19.4 Å². The van der Waals surface area contributed by atoms with Crippen molar-refractivity contribution in [2.24, 2.45) is 0 Å². The molecule has 1 aliphatic heterocycles. The number of hydrogen-bond donors (Lipinski definition) is 1. The van der Waals surface area contributed by atoms with Gasteiger partial charge in [0.1, 0.15) is 5.82 Å². The molecule has 0 saturated heterocycles. The van der Waals surface area contributed by atoms with Crippen molar-refractivity contribution in [3.63, 3.8) is 0 Å². The molecule has 0 aliphatic carbocycles. The molecule has 3 heteroatoms. The van der Waals surface area contributed by atoms with Gasteiger partial charge in [-0.3, -0.25) is 0 Å². The standard InChI is InChI=1S/C17H23N3/c1-4-17-19-15-11-18-9-8-16(15)20(17)14-7-5-6-13(10-14)12(2)3/h5-7,10,12,18H,4,8-9,11H2,1-3H3. The molecule has 1 aliphatic rings. The van der Waals surface area contributed by atoms with Crippen LogP contribution in [0.1, 0.15) is 49.5 Å². The molecule has 0 unspecified atom stereocenters. The first-order chi connectivity index (χ1) is 9.70. The van der Waals surface area contributed by atoms with Crippen LogP contribution in [0.3, 0.4) is 0 Å². The van der Waals surface area contributed by atoms with E-state index in [0.29, 0.717) is 5.92 Å². The predicted molar refractivity (Wildman–Crippen MR) is 82.4 cm³/mol. The average molecular weight is 269 g/mol. The number of hydrogen-bond acceptors (Lipinski definition) is 2. The molecule has 1 aromatic carbocycles. The minimum absolute atomic E-state index is 0.557. The lowest BCUT2D eigenvalue weighted by atomic mass is 10.0. The third kappa shape index (κ3) is 2.27. The second-order valence-corrected chi connectivity index (χ2v) is 5.79. The molecule has 2 aromatic rings. The summed E-state index contributed by atoms with van der Waals surface area (Å²) in [6.07, 6.45) is 2.03. The molecule has 0 amide bonds. The average Bonchev–Trinajstić information content (AvgIpc) is 2.85. The monoisotopic (exact) mass is 269 g/mol. The molecular formula is C17H23N3. The second-order valence-electron chi connectivity index (χ2n) is 5.79. The smallest absolute Gasteiger partial charge is 0.113 e. The van der Waals surface area contributed by atoms with Gasteiger partial charge in [0, 0.05) is 37.3 Å². The fourth-order valence-corrected chi connectivity index (χ4v) is 2.93. The maximum Gasteiger partial charge on any atom is 0.113 e. The van der Waals surface area contributed by atoms with Crippen molar-refractivity contribution in [2.45, 2.75) is 46.1 Å². The Balaban J connectivity index is 2.13. The first-order valence-electron chi connectivity index (χ1n) is 7.61. The number of benzene rings is 1. The van der Waals surface area contributed by atoms with Crippen LogP contribution in [0.4, 0.5) is 0 Å². The first kappa shape index (κ1) is 13.4. The van der Waals surface area contributed by atoms with Crippen molar-refractivity contribution >= 4 is 0 Å². The van der Waals surface area contributed by atoms with E-state index in [-0.39, 0.29) is 0 Å². The molecule has 0 fully saturated rings. The fraction of sp³-hybridized carbons (Fsp3) is 0.471. The molecule has 106 valence electrons. The van der Waals surface area contributed by atoms with Gasteiger partial charge in [-0.25, -0.2) is 4.98 Å². The largest absolute Gasteiger partial charge is 0.311 e.